The maximum Gasteiger partial charge on any atom is 0.126 e. The fourth-order valence-electron chi connectivity index (χ4n) is 1.79. The van der Waals surface area contributed by atoms with Crippen LogP contribution in [0.1, 0.15) is 32.0 Å². The van der Waals surface area contributed by atoms with Crippen LogP contribution in [-0.2, 0) is 6.54 Å². The minimum atomic E-state index is -0.452. The normalized spacial score (nSPS) is 12.4. The summed E-state index contributed by atoms with van der Waals surface area (Å²) in [7, 11) is 0. The first kappa shape index (κ1) is 15.1. The standard InChI is InChI=1S/C14H16Cl2FN3/c1-3-9(2)20-5-4-11(19-20)8-18-14-12(15)6-10(17)7-13(14)16/h4-7,9,18H,3,8H2,1-2H3. The van der Waals surface area contributed by atoms with Gasteiger partial charge in [0.05, 0.1) is 28.0 Å². The molecule has 0 aliphatic carbocycles. The van der Waals surface area contributed by atoms with Gasteiger partial charge in [-0.2, -0.15) is 5.10 Å². The van der Waals surface area contributed by atoms with E-state index in [-0.39, 0.29) is 10.0 Å². The van der Waals surface area contributed by atoms with Gasteiger partial charge in [0, 0.05) is 12.2 Å². The average molecular weight is 316 g/mol. The van der Waals surface area contributed by atoms with E-state index < -0.39 is 5.82 Å². The van der Waals surface area contributed by atoms with Gasteiger partial charge in [0.1, 0.15) is 5.82 Å². The van der Waals surface area contributed by atoms with Crippen LogP contribution in [0.2, 0.25) is 10.0 Å². The molecule has 0 radical (unpaired) electrons. The summed E-state index contributed by atoms with van der Waals surface area (Å²) in [4.78, 5) is 0. The third kappa shape index (κ3) is 3.44. The molecule has 2 aromatic rings. The van der Waals surface area contributed by atoms with Crippen molar-refractivity contribution in [2.75, 3.05) is 5.32 Å². The van der Waals surface area contributed by atoms with E-state index in [9.17, 15) is 4.39 Å². The Morgan fingerprint density at radius 3 is 2.60 bits per heavy atom. The average Bonchev–Trinajstić information content (AvgIpc) is 2.85. The number of anilines is 1. The summed E-state index contributed by atoms with van der Waals surface area (Å²) in [6.07, 6.45) is 2.96. The highest BCUT2D eigenvalue weighted by Crippen LogP contribution is 2.31. The fourth-order valence-corrected chi connectivity index (χ4v) is 2.39. The van der Waals surface area contributed by atoms with E-state index in [2.05, 4.69) is 24.3 Å². The summed E-state index contributed by atoms with van der Waals surface area (Å²) in [5.41, 5.74) is 1.40. The molecule has 0 bridgehead atoms. The quantitative estimate of drug-likeness (QED) is 0.849. The Kier molecular flexibility index (Phi) is 4.89. The molecule has 0 saturated heterocycles. The Morgan fingerprint density at radius 2 is 2.00 bits per heavy atom. The van der Waals surface area contributed by atoms with Crippen LogP contribution >= 0.6 is 23.2 Å². The number of benzene rings is 1. The molecule has 0 aliphatic heterocycles. The van der Waals surface area contributed by atoms with Crippen molar-refractivity contribution in [1.82, 2.24) is 9.78 Å². The van der Waals surface area contributed by atoms with E-state index in [1.54, 1.807) is 0 Å². The smallest absolute Gasteiger partial charge is 0.126 e. The number of halogens is 3. The fraction of sp³-hybridized carbons (Fsp3) is 0.357. The van der Waals surface area contributed by atoms with Gasteiger partial charge in [0.2, 0.25) is 0 Å². The molecule has 1 N–H and O–H groups in total. The second-order valence-electron chi connectivity index (χ2n) is 4.64. The molecule has 1 atom stereocenters. The Bertz CT molecular complexity index is 575. The highest BCUT2D eigenvalue weighted by Gasteiger charge is 2.09. The minimum Gasteiger partial charge on any atom is -0.377 e. The van der Waals surface area contributed by atoms with Gasteiger partial charge in [-0.3, -0.25) is 4.68 Å². The first-order valence-corrected chi connectivity index (χ1v) is 7.19. The van der Waals surface area contributed by atoms with Crippen molar-refractivity contribution in [3.05, 3.63) is 46.0 Å². The van der Waals surface area contributed by atoms with Crippen molar-refractivity contribution in [1.29, 1.82) is 0 Å². The van der Waals surface area contributed by atoms with Crippen LogP contribution in [0.25, 0.3) is 0 Å². The van der Waals surface area contributed by atoms with E-state index in [0.717, 1.165) is 12.1 Å². The number of aromatic nitrogens is 2. The predicted octanol–water partition coefficient (Wildman–Crippen LogP) is 4.91. The summed E-state index contributed by atoms with van der Waals surface area (Å²) in [5.74, 6) is -0.452. The third-order valence-corrected chi connectivity index (χ3v) is 3.76. The van der Waals surface area contributed by atoms with Gasteiger partial charge in [0.25, 0.3) is 0 Å². The molecule has 108 valence electrons. The van der Waals surface area contributed by atoms with Crippen LogP contribution < -0.4 is 5.32 Å². The predicted molar refractivity (Wildman–Crippen MR) is 81.0 cm³/mol. The Labute approximate surface area is 127 Å². The molecule has 1 aromatic carbocycles. The van der Waals surface area contributed by atoms with Gasteiger partial charge < -0.3 is 5.32 Å². The van der Waals surface area contributed by atoms with Gasteiger partial charge in [-0.05, 0) is 31.5 Å². The van der Waals surface area contributed by atoms with Gasteiger partial charge >= 0.3 is 0 Å². The monoisotopic (exact) mass is 315 g/mol. The molecule has 0 amide bonds. The van der Waals surface area contributed by atoms with E-state index in [1.165, 1.54) is 12.1 Å². The Hall–Kier alpha value is -1.26. The molecule has 6 heteroatoms. The summed E-state index contributed by atoms with van der Waals surface area (Å²) in [6.45, 7) is 4.70. The summed E-state index contributed by atoms with van der Waals surface area (Å²) < 4.78 is 15.0. The highest BCUT2D eigenvalue weighted by atomic mass is 35.5. The molecule has 2 rings (SSSR count). The van der Waals surface area contributed by atoms with Gasteiger partial charge in [-0.1, -0.05) is 30.1 Å². The zero-order chi connectivity index (χ0) is 14.7. The molecule has 0 saturated carbocycles. The Balaban J connectivity index is 2.07. The van der Waals surface area contributed by atoms with E-state index in [4.69, 9.17) is 23.2 Å². The zero-order valence-corrected chi connectivity index (χ0v) is 12.8. The van der Waals surface area contributed by atoms with Crippen molar-refractivity contribution in [3.63, 3.8) is 0 Å². The number of nitrogens with zero attached hydrogens (tertiary/aromatic N) is 2. The molecule has 0 fully saturated rings. The van der Waals surface area contributed by atoms with E-state index in [1.807, 2.05) is 16.9 Å². The van der Waals surface area contributed by atoms with Crippen LogP contribution in [0.15, 0.2) is 24.4 Å². The maximum absolute atomic E-state index is 13.1. The number of rotatable bonds is 5. The van der Waals surface area contributed by atoms with Crippen molar-refractivity contribution >= 4 is 28.9 Å². The molecule has 1 unspecified atom stereocenters. The van der Waals surface area contributed by atoms with Crippen molar-refractivity contribution < 1.29 is 4.39 Å². The molecule has 0 spiro atoms. The van der Waals surface area contributed by atoms with Crippen LogP contribution in [0, 0.1) is 5.82 Å². The van der Waals surface area contributed by atoms with Crippen molar-refractivity contribution in [2.45, 2.75) is 32.9 Å². The summed E-state index contributed by atoms with van der Waals surface area (Å²) >= 11 is 11.9. The number of nitrogens with one attached hydrogen (secondary N) is 1. The van der Waals surface area contributed by atoms with E-state index >= 15 is 0 Å². The van der Waals surface area contributed by atoms with Gasteiger partial charge in [-0.15, -0.1) is 0 Å². The lowest BCUT2D eigenvalue weighted by molar-refractivity contribution is 0.474. The maximum atomic E-state index is 13.1. The largest absolute Gasteiger partial charge is 0.377 e. The zero-order valence-electron chi connectivity index (χ0n) is 11.3. The molecule has 1 aromatic heterocycles. The molecular formula is C14H16Cl2FN3. The van der Waals surface area contributed by atoms with Crippen LogP contribution in [0.5, 0.6) is 0 Å². The molecule has 3 nitrogen and oxygen atoms in total. The minimum absolute atomic E-state index is 0.261. The van der Waals surface area contributed by atoms with Crippen LogP contribution in [0.3, 0.4) is 0 Å². The number of hydrogen-bond donors (Lipinski definition) is 1. The molecule has 20 heavy (non-hydrogen) atoms. The molecular weight excluding hydrogens is 300 g/mol. The van der Waals surface area contributed by atoms with Gasteiger partial charge in [0.15, 0.2) is 0 Å². The van der Waals surface area contributed by atoms with E-state index in [0.29, 0.717) is 18.3 Å². The van der Waals surface area contributed by atoms with Crippen molar-refractivity contribution in [3.8, 4) is 0 Å². The second kappa shape index (κ2) is 6.46. The lowest BCUT2D eigenvalue weighted by atomic mass is 10.3. The topological polar surface area (TPSA) is 29.9 Å². The summed E-state index contributed by atoms with van der Waals surface area (Å²) in [5, 5.41) is 8.08. The van der Waals surface area contributed by atoms with Crippen LogP contribution in [-0.4, -0.2) is 9.78 Å². The first-order valence-electron chi connectivity index (χ1n) is 6.43. The van der Waals surface area contributed by atoms with Crippen molar-refractivity contribution in [2.24, 2.45) is 0 Å². The van der Waals surface area contributed by atoms with Gasteiger partial charge in [-0.25, -0.2) is 4.39 Å². The second-order valence-corrected chi connectivity index (χ2v) is 5.46. The highest BCUT2D eigenvalue weighted by molar-refractivity contribution is 6.39. The third-order valence-electron chi connectivity index (χ3n) is 3.16. The summed E-state index contributed by atoms with van der Waals surface area (Å²) in [6, 6.07) is 4.76. The lowest BCUT2D eigenvalue weighted by Crippen LogP contribution is -2.07. The SMILES string of the molecule is CCC(C)n1ccc(CNc2c(Cl)cc(F)cc2Cl)n1. The number of hydrogen-bond acceptors (Lipinski definition) is 2. The molecule has 0 aliphatic rings. The Morgan fingerprint density at radius 1 is 1.35 bits per heavy atom. The molecule has 1 heterocycles. The van der Waals surface area contributed by atoms with Crippen LogP contribution in [0.4, 0.5) is 10.1 Å². The first-order chi connectivity index (χ1) is 9.51. The lowest BCUT2D eigenvalue weighted by Gasteiger charge is -2.10.